The zero-order chi connectivity index (χ0) is 21.2. The number of anilines is 4. The predicted octanol–water partition coefficient (Wildman–Crippen LogP) is 4.76. The molecule has 0 saturated heterocycles. The zero-order valence-corrected chi connectivity index (χ0v) is 17.8. The number of hydrogen-bond acceptors (Lipinski definition) is 7. The molecule has 1 aliphatic carbocycles. The van der Waals surface area contributed by atoms with E-state index < -0.39 is 5.60 Å². The summed E-state index contributed by atoms with van der Waals surface area (Å²) in [5.74, 6) is 0.544. The van der Waals surface area contributed by atoms with Gasteiger partial charge in [-0.1, -0.05) is 0 Å². The summed E-state index contributed by atoms with van der Waals surface area (Å²) < 4.78 is 10.7. The highest BCUT2D eigenvalue weighted by molar-refractivity contribution is 6.28. The van der Waals surface area contributed by atoms with Crippen LogP contribution in [0.4, 0.5) is 27.7 Å². The first-order valence-corrected chi connectivity index (χ1v) is 9.82. The summed E-state index contributed by atoms with van der Waals surface area (Å²) in [6.45, 7) is 5.59. The lowest BCUT2D eigenvalue weighted by atomic mass is 9.91. The first kappa shape index (κ1) is 21.0. The standard InChI is InChI=1S/C20H26ClN5O3/c1-20(2,3)29-19(27)26(13-6-5-7-13)14-10-8-12(9-11-14)23-16-15(22)17(28-4)25-18(21)24-16/h8-11,13H,5-7,22H2,1-4H3,(H,23,24,25). The van der Waals surface area contributed by atoms with Crippen molar-refractivity contribution in [2.24, 2.45) is 0 Å². The van der Waals surface area contributed by atoms with Crippen molar-refractivity contribution in [1.29, 1.82) is 0 Å². The normalized spacial score (nSPS) is 14.1. The predicted molar refractivity (Wildman–Crippen MR) is 114 cm³/mol. The van der Waals surface area contributed by atoms with E-state index in [0.717, 1.165) is 30.6 Å². The van der Waals surface area contributed by atoms with Crippen molar-refractivity contribution in [2.45, 2.75) is 51.7 Å². The number of amides is 1. The van der Waals surface area contributed by atoms with E-state index in [4.69, 9.17) is 26.8 Å². The molecule has 2 aromatic rings. The highest BCUT2D eigenvalue weighted by Gasteiger charge is 2.33. The van der Waals surface area contributed by atoms with Crippen LogP contribution in [0.3, 0.4) is 0 Å². The largest absolute Gasteiger partial charge is 0.479 e. The van der Waals surface area contributed by atoms with Crippen LogP contribution in [-0.4, -0.2) is 34.8 Å². The second-order valence-electron chi connectivity index (χ2n) is 7.87. The molecular weight excluding hydrogens is 394 g/mol. The van der Waals surface area contributed by atoms with Crippen molar-refractivity contribution in [3.63, 3.8) is 0 Å². The van der Waals surface area contributed by atoms with Gasteiger partial charge in [-0.25, -0.2) is 4.79 Å². The molecule has 29 heavy (non-hydrogen) atoms. The topological polar surface area (TPSA) is 103 Å². The fourth-order valence-electron chi connectivity index (χ4n) is 2.94. The average Bonchev–Trinajstić information content (AvgIpc) is 2.60. The molecule has 0 atom stereocenters. The Morgan fingerprint density at radius 2 is 1.90 bits per heavy atom. The van der Waals surface area contributed by atoms with E-state index >= 15 is 0 Å². The van der Waals surface area contributed by atoms with Crippen LogP contribution in [0.2, 0.25) is 5.28 Å². The van der Waals surface area contributed by atoms with Crippen molar-refractivity contribution in [2.75, 3.05) is 23.1 Å². The first-order chi connectivity index (χ1) is 13.7. The highest BCUT2D eigenvalue weighted by Crippen LogP contribution is 2.33. The van der Waals surface area contributed by atoms with Crippen LogP contribution in [-0.2, 0) is 4.74 Å². The molecule has 3 N–H and O–H groups in total. The number of nitrogen functional groups attached to an aromatic ring is 1. The van der Waals surface area contributed by atoms with Gasteiger partial charge in [0, 0.05) is 17.4 Å². The lowest BCUT2D eigenvalue weighted by Crippen LogP contribution is -2.46. The number of carbonyl (C=O) groups is 1. The maximum Gasteiger partial charge on any atom is 0.415 e. The van der Waals surface area contributed by atoms with Gasteiger partial charge in [-0.3, -0.25) is 4.90 Å². The third-order valence-corrected chi connectivity index (χ3v) is 4.68. The van der Waals surface area contributed by atoms with Gasteiger partial charge in [-0.15, -0.1) is 0 Å². The molecule has 8 nitrogen and oxygen atoms in total. The number of halogens is 1. The fraction of sp³-hybridized carbons (Fsp3) is 0.450. The second kappa shape index (κ2) is 8.32. The number of ether oxygens (including phenoxy) is 2. The van der Waals surface area contributed by atoms with Crippen molar-refractivity contribution < 1.29 is 14.3 Å². The van der Waals surface area contributed by atoms with Gasteiger partial charge >= 0.3 is 6.09 Å². The van der Waals surface area contributed by atoms with E-state index in [0.29, 0.717) is 5.82 Å². The molecule has 1 fully saturated rings. The van der Waals surface area contributed by atoms with Crippen LogP contribution in [0.1, 0.15) is 40.0 Å². The molecule has 0 aliphatic heterocycles. The Morgan fingerprint density at radius 3 is 2.41 bits per heavy atom. The summed E-state index contributed by atoms with van der Waals surface area (Å²) >= 11 is 5.92. The van der Waals surface area contributed by atoms with Gasteiger partial charge in [0.25, 0.3) is 0 Å². The zero-order valence-electron chi connectivity index (χ0n) is 17.0. The minimum Gasteiger partial charge on any atom is -0.479 e. The number of carbonyl (C=O) groups excluding carboxylic acids is 1. The van der Waals surface area contributed by atoms with Crippen LogP contribution in [0.5, 0.6) is 5.88 Å². The Labute approximate surface area is 175 Å². The van der Waals surface area contributed by atoms with E-state index in [2.05, 4.69) is 15.3 Å². The van der Waals surface area contributed by atoms with Gasteiger partial charge < -0.3 is 20.5 Å². The summed E-state index contributed by atoms with van der Waals surface area (Å²) in [5, 5.41) is 3.13. The first-order valence-electron chi connectivity index (χ1n) is 9.44. The van der Waals surface area contributed by atoms with Crippen LogP contribution in [0.25, 0.3) is 0 Å². The molecular formula is C20H26ClN5O3. The fourth-order valence-corrected chi connectivity index (χ4v) is 3.10. The number of nitrogens with two attached hydrogens (primary N) is 1. The molecule has 156 valence electrons. The van der Waals surface area contributed by atoms with Crippen molar-refractivity contribution in [3.05, 3.63) is 29.5 Å². The monoisotopic (exact) mass is 419 g/mol. The van der Waals surface area contributed by atoms with E-state index in [1.807, 2.05) is 45.0 Å². The summed E-state index contributed by atoms with van der Waals surface area (Å²) in [5.41, 5.74) is 7.23. The Morgan fingerprint density at radius 1 is 1.24 bits per heavy atom. The Bertz CT molecular complexity index is 879. The van der Waals surface area contributed by atoms with Crippen LogP contribution in [0.15, 0.2) is 24.3 Å². The Balaban J connectivity index is 1.81. The van der Waals surface area contributed by atoms with Crippen molar-refractivity contribution in [3.8, 4) is 5.88 Å². The second-order valence-corrected chi connectivity index (χ2v) is 8.21. The third kappa shape index (κ3) is 5.00. The quantitative estimate of drug-likeness (QED) is 0.673. The molecule has 1 aliphatic rings. The van der Waals surface area contributed by atoms with E-state index in [9.17, 15) is 4.79 Å². The number of nitrogens with zero attached hydrogens (tertiary/aromatic N) is 3. The van der Waals surface area contributed by atoms with Crippen molar-refractivity contribution >= 4 is 40.6 Å². The average molecular weight is 420 g/mol. The molecule has 1 heterocycles. The molecule has 9 heteroatoms. The minimum atomic E-state index is -0.552. The van der Waals surface area contributed by atoms with Gasteiger partial charge in [-0.2, -0.15) is 9.97 Å². The number of rotatable bonds is 5. The van der Waals surface area contributed by atoms with Gasteiger partial charge in [0.15, 0.2) is 5.82 Å². The van der Waals surface area contributed by atoms with Gasteiger partial charge in [0.1, 0.15) is 11.3 Å². The number of benzene rings is 1. The van der Waals surface area contributed by atoms with Gasteiger partial charge in [0.05, 0.1) is 7.11 Å². The number of aromatic nitrogens is 2. The summed E-state index contributed by atoms with van der Waals surface area (Å²) in [6.07, 6.45) is 2.71. The molecule has 0 radical (unpaired) electrons. The van der Waals surface area contributed by atoms with Gasteiger partial charge in [-0.05, 0) is 75.9 Å². The highest BCUT2D eigenvalue weighted by atomic mass is 35.5. The molecule has 3 rings (SSSR count). The van der Waals surface area contributed by atoms with E-state index in [1.165, 1.54) is 7.11 Å². The molecule has 1 saturated carbocycles. The van der Waals surface area contributed by atoms with Crippen molar-refractivity contribution in [1.82, 2.24) is 9.97 Å². The molecule has 1 aromatic heterocycles. The molecule has 0 spiro atoms. The Hall–Kier alpha value is -2.74. The maximum atomic E-state index is 12.7. The van der Waals surface area contributed by atoms with E-state index in [-0.39, 0.29) is 29.0 Å². The minimum absolute atomic E-state index is 0.0243. The molecule has 1 aromatic carbocycles. The summed E-state index contributed by atoms with van der Waals surface area (Å²) in [7, 11) is 1.46. The van der Waals surface area contributed by atoms with E-state index in [1.54, 1.807) is 4.90 Å². The molecule has 0 unspecified atom stereocenters. The smallest absolute Gasteiger partial charge is 0.415 e. The third-order valence-electron chi connectivity index (χ3n) is 4.51. The molecule has 0 bridgehead atoms. The number of hydrogen-bond donors (Lipinski definition) is 2. The van der Waals surface area contributed by atoms with Crippen LogP contribution >= 0.6 is 11.6 Å². The Kier molecular flexibility index (Phi) is 6.02. The molecule has 1 amide bonds. The SMILES string of the molecule is COc1nc(Cl)nc(Nc2ccc(N(C(=O)OC(C)(C)C)C3CCC3)cc2)c1N. The lowest BCUT2D eigenvalue weighted by Gasteiger charge is -2.38. The van der Waals surface area contributed by atoms with Crippen LogP contribution < -0.4 is 20.7 Å². The van der Waals surface area contributed by atoms with Crippen LogP contribution in [0, 0.1) is 0 Å². The van der Waals surface area contributed by atoms with Gasteiger partial charge in [0.2, 0.25) is 11.2 Å². The number of methoxy groups -OCH3 is 1. The summed E-state index contributed by atoms with van der Waals surface area (Å²) in [6, 6.07) is 7.56. The maximum absolute atomic E-state index is 12.7. The number of nitrogens with one attached hydrogen (secondary N) is 1. The summed E-state index contributed by atoms with van der Waals surface area (Å²) in [4.78, 5) is 22.5. The lowest BCUT2D eigenvalue weighted by molar-refractivity contribution is 0.0549.